The van der Waals surface area contributed by atoms with Crippen LogP contribution in [0.2, 0.25) is 0 Å². The molecule has 0 saturated heterocycles. The minimum absolute atomic E-state index is 0.235. The summed E-state index contributed by atoms with van der Waals surface area (Å²) < 4.78 is 4.59. The largest absolute Gasteiger partial charge is 0.707 e. The summed E-state index contributed by atoms with van der Waals surface area (Å²) in [6.07, 6.45) is 0. The lowest BCUT2D eigenvalue weighted by atomic mass is 10.2. The molecule has 0 bridgehead atoms. The fraction of sp³-hybridized carbons (Fsp3) is 0.222. The van der Waals surface area contributed by atoms with Gasteiger partial charge in [0.2, 0.25) is 0 Å². The number of hydrogen-bond donors (Lipinski definition) is 4. The first-order valence-corrected chi connectivity index (χ1v) is 4.74. The van der Waals surface area contributed by atoms with Crippen molar-refractivity contribution in [1.29, 1.82) is 0 Å². The van der Waals surface area contributed by atoms with Gasteiger partial charge in [-0.05, 0) is 24.3 Å². The molecule has 1 aromatic rings. The maximum Gasteiger partial charge on any atom is 0.707 e. The average molecular weight is 224 g/mol. The fourth-order valence-electron chi connectivity index (χ4n) is 1.09. The molecule has 0 aromatic heterocycles. The van der Waals surface area contributed by atoms with Gasteiger partial charge >= 0.3 is 7.32 Å². The van der Waals surface area contributed by atoms with Gasteiger partial charge in [-0.25, -0.2) is 0 Å². The van der Waals surface area contributed by atoms with Crippen LogP contribution in [0.15, 0.2) is 24.3 Å². The first kappa shape index (κ1) is 12.5. The summed E-state index contributed by atoms with van der Waals surface area (Å²) in [5.74, 6) is 0.0342. The quantitative estimate of drug-likeness (QED) is 0.466. The van der Waals surface area contributed by atoms with Gasteiger partial charge in [0.05, 0.1) is 0 Å². The van der Waals surface area contributed by atoms with Crippen molar-refractivity contribution in [3.8, 4) is 5.75 Å². The highest BCUT2D eigenvalue weighted by Gasteiger charge is 2.11. The van der Waals surface area contributed by atoms with Crippen LogP contribution in [-0.4, -0.2) is 36.4 Å². The second kappa shape index (κ2) is 6.11. The van der Waals surface area contributed by atoms with E-state index in [1.54, 1.807) is 0 Å². The summed E-state index contributed by atoms with van der Waals surface area (Å²) in [6.45, 7) is 0.788. The molecule has 0 heterocycles. The van der Waals surface area contributed by atoms with Crippen molar-refractivity contribution in [2.24, 2.45) is 5.73 Å². The number of hydrogen-bond acceptors (Lipinski definition) is 5. The zero-order valence-electron chi connectivity index (χ0n) is 8.59. The molecule has 1 aromatic carbocycles. The predicted molar refractivity (Wildman–Crippen MR) is 58.6 cm³/mol. The molecule has 0 saturated carbocycles. The monoisotopic (exact) mass is 224 g/mol. The first-order valence-electron chi connectivity index (χ1n) is 4.74. The van der Waals surface area contributed by atoms with Crippen LogP contribution in [0, 0.1) is 0 Å². The predicted octanol–water partition coefficient (Wildman–Crippen LogP) is -1.28. The summed E-state index contributed by atoms with van der Waals surface area (Å²) in [7, 11) is -1.86. The van der Waals surface area contributed by atoms with Gasteiger partial charge < -0.3 is 25.8 Å². The number of benzene rings is 1. The average Bonchev–Trinajstić information content (AvgIpc) is 2.26. The number of amides is 1. The molecule has 1 amide bonds. The van der Waals surface area contributed by atoms with Gasteiger partial charge in [0.15, 0.2) is 0 Å². The highest BCUT2D eigenvalue weighted by atomic mass is 16.6. The Hall–Kier alpha value is -1.57. The van der Waals surface area contributed by atoms with E-state index in [0.29, 0.717) is 18.7 Å². The van der Waals surface area contributed by atoms with Crippen molar-refractivity contribution in [2.45, 2.75) is 0 Å². The third-order valence-corrected chi connectivity index (χ3v) is 1.79. The van der Waals surface area contributed by atoms with Gasteiger partial charge in [0, 0.05) is 18.7 Å². The van der Waals surface area contributed by atoms with Crippen LogP contribution < -0.4 is 15.7 Å². The van der Waals surface area contributed by atoms with Crippen LogP contribution in [0.1, 0.15) is 10.4 Å². The Bertz CT molecular complexity index is 342. The van der Waals surface area contributed by atoms with E-state index < -0.39 is 7.32 Å². The molecule has 1 rings (SSSR count). The van der Waals surface area contributed by atoms with Crippen molar-refractivity contribution < 1.29 is 19.5 Å². The Labute approximate surface area is 93.2 Å². The zero-order chi connectivity index (χ0) is 12.0. The van der Waals surface area contributed by atoms with E-state index in [9.17, 15) is 4.79 Å². The lowest BCUT2D eigenvalue weighted by molar-refractivity contribution is 0.0955. The third kappa shape index (κ3) is 3.89. The summed E-state index contributed by atoms with van der Waals surface area (Å²) in [6, 6.07) is 5.97. The molecule has 0 aliphatic heterocycles. The SMILES string of the molecule is NCCNC(=O)c1ccc(OB(O)O)cc1. The smallest absolute Gasteiger partial charge is 0.512 e. The number of nitrogens with one attached hydrogen (secondary N) is 1. The lowest BCUT2D eigenvalue weighted by Gasteiger charge is -2.06. The van der Waals surface area contributed by atoms with E-state index >= 15 is 0 Å². The maximum atomic E-state index is 11.4. The van der Waals surface area contributed by atoms with Crippen molar-refractivity contribution in [3.63, 3.8) is 0 Å². The highest BCUT2D eigenvalue weighted by molar-refractivity contribution is 6.33. The molecule has 0 aliphatic carbocycles. The molecule has 86 valence electrons. The lowest BCUT2D eigenvalue weighted by Crippen LogP contribution is -2.28. The fourth-order valence-corrected chi connectivity index (χ4v) is 1.09. The normalized spacial score (nSPS) is 9.69. The summed E-state index contributed by atoms with van der Waals surface area (Å²) in [4.78, 5) is 11.4. The second-order valence-electron chi connectivity index (χ2n) is 3.01. The van der Waals surface area contributed by atoms with Crippen LogP contribution in [0.3, 0.4) is 0 Å². The molecule has 6 nitrogen and oxygen atoms in total. The van der Waals surface area contributed by atoms with Crippen LogP contribution in [-0.2, 0) is 0 Å². The second-order valence-corrected chi connectivity index (χ2v) is 3.01. The minimum atomic E-state index is -1.86. The molecule has 5 N–H and O–H groups in total. The number of nitrogens with two attached hydrogens (primary N) is 1. The molecule has 7 heteroatoms. The Kier molecular flexibility index (Phi) is 4.78. The van der Waals surface area contributed by atoms with E-state index in [4.69, 9.17) is 15.8 Å². The van der Waals surface area contributed by atoms with Crippen molar-refractivity contribution in [2.75, 3.05) is 13.1 Å². The molecule has 0 unspecified atom stereocenters. The van der Waals surface area contributed by atoms with Gasteiger partial charge in [0.25, 0.3) is 5.91 Å². The number of carbonyl (C=O) groups is 1. The molecule has 0 fully saturated rings. The molecule has 0 aliphatic rings. The summed E-state index contributed by atoms with van der Waals surface area (Å²) >= 11 is 0. The van der Waals surface area contributed by atoms with Gasteiger partial charge in [0.1, 0.15) is 5.75 Å². The highest BCUT2D eigenvalue weighted by Crippen LogP contribution is 2.12. The van der Waals surface area contributed by atoms with E-state index in [1.165, 1.54) is 24.3 Å². The Morgan fingerprint density at radius 2 is 2.00 bits per heavy atom. The van der Waals surface area contributed by atoms with Gasteiger partial charge in [-0.2, -0.15) is 0 Å². The van der Waals surface area contributed by atoms with Gasteiger partial charge in [-0.3, -0.25) is 4.79 Å². The van der Waals surface area contributed by atoms with Gasteiger partial charge in [-0.1, -0.05) is 0 Å². The minimum Gasteiger partial charge on any atom is -0.512 e. The molecular weight excluding hydrogens is 211 g/mol. The Morgan fingerprint density at radius 1 is 1.38 bits per heavy atom. The van der Waals surface area contributed by atoms with Crippen LogP contribution in [0.4, 0.5) is 0 Å². The van der Waals surface area contributed by atoms with Crippen LogP contribution in [0.25, 0.3) is 0 Å². The van der Waals surface area contributed by atoms with Crippen molar-refractivity contribution in [3.05, 3.63) is 29.8 Å². The van der Waals surface area contributed by atoms with E-state index in [-0.39, 0.29) is 11.7 Å². The molecule has 16 heavy (non-hydrogen) atoms. The van der Waals surface area contributed by atoms with E-state index in [2.05, 4.69) is 9.97 Å². The molecule has 0 radical (unpaired) electrons. The molecule has 0 atom stereocenters. The van der Waals surface area contributed by atoms with Gasteiger partial charge in [-0.15, -0.1) is 0 Å². The van der Waals surface area contributed by atoms with Crippen molar-refractivity contribution >= 4 is 13.2 Å². The Morgan fingerprint density at radius 3 is 2.50 bits per heavy atom. The first-order chi connectivity index (χ1) is 7.63. The standard InChI is InChI=1S/C9H13BN2O4/c11-5-6-12-9(13)7-1-3-8(4-2-7)16-10(14)15/h1-4,14-15H,5-6,11H2,(H,12,13). The molecule has 0 spiro atoms. The third-order valence-electron chi connectivity index (χ3n) is 1.79. The van der Waals surface area contributed by atoms with Crippen LogP contribution in [0.5, 0.6) is 5.75 Å². The van der Waals surface area contributed by atoms with Crippen LogP contribution >= 0.6 is 0 Å². The van der Waals surface area contributed by atoms with E-state index in [0.717, 1.165) is 0 Å². The number of rotatable bonds is 5. The summed E-state index contributed by atoms with van der Waals surface area (Å²) in [5.41, 5.74) is 5.70. The zero-order valence-corrected chi connectivity index (χ0v) is 8.59. The maximum absolute atomic E-state index is 11.4. The van der Waals surface area contributed by atoms with E-state index in [1.807, 2.05) is 0 Å². The molecular formula is C9H13BN2O4. The Balaban J connectivity index is 2.60. The topological polar surface area (TPSA) is 105 Å². The number of carbonyl (C=O) groups excluding carboxylic acids is 1. The van der Waals surface area contributed by atoms with Crippen molar-refractivity contribution in [1.82, 2.24) is 5.32 Å². The summed E-state index contributed by atoms with van der Waals surface area (Å²) in [5, 5.41) is 19.7.